The number of rotatable bonds is 12. The number of amides is 1. The lowest BCUT2D eigenvalue weighted by atomic mass is 9.94. The van der Waals surface area contributed by atoms with E-state index in [0.29, 0.717) is 53.8 Å². The number of carbonyl (C=O) groups is 2. The second-order valence-electron chi connectivity index (χ2n) is 8.17. The molecular formula is C27H33NO8. The first-order chi connectivity index (χ1) is 17.4. The summed E-state index contributed by atoms with van der Waals surface area (Å²) in [6.45, 7) is 3.23. The Labute approximate surface area is 211 Å². The van der Waals surface area contributed by atoms with Gasteiger partial charge in [0, 0.05) is 25.8 Å². The highest BCUT2D eigenvalue weighted by atomic mass is 16.5. The molecule has 0 aliphatic carbocycles. The summed E-state index contributed by atoms with van der Waals surface area (Å²) in [5, 5.41) is 11.3. The number of hydrogen-bond donors (Lipinski definition) is 1. The fourth-order valence-electron chi connectivity index (χ4n) is 4.18. The van der Waals surface area contributed by atoms with Crippen molar-refractivity contribution >= 4 is 17.4 Å². The lowest BCUT2D eigenvalue weighted by Crippen LogP contribution is -2.31. The third kappa shape index (κ3) is 5.41. The largest absolute Gasteiger partial charge is 0.507 e. The first-order valence-electron chi connectivity index (χ1n) is 11.7. The van der Waals surface area contributed by atoms with E-state index in [4.69, 9.17) is 23.7 Å². The highest BCUT2D eigenvalue weighted by molar-refractivity contribution is 6.46. The molecular weight excluding hydrogens is 466 g/mol. The Hall–Kier alpha value is -3.72. The van der Waals surface area contributed by atoms with Crippen LogP contribution in [0.4, 0.5) is 0 Å². The fourth-order valence-corrected chi connectivity index (χ4v) is 4.18. The molecule has 0 spiro atoms. The minimum atomic E-state index is -0.869. The highest BCUT2D eigenvalue weighted by Gasteiger charge is 2.46. The minimum Gasteiger partial charge on any atom is -0.507 e. The zero-order valence-electron chi connectivity index (χ0n) is 21.3. The van der Waals surface area contributed by atoms with Crippen molar-refractivity contribution in [3.8, 4) is 23.0 Å². The number of nitrogens with zero attached hydrogens (tertiary/aromatic N) is 1. The summed E-state index contributed by atoms with van der Waals surface area (Å²) in [5.74, 6) is 0.0172. The Morgan fingerprint density at radius 1 is 0.944 bits per heavy atom. The second-order valence-corrected chi connectivity index (χ2v) is 8.17. The topological polar surface area (TPSA) is 104 Å². The van der Waals surface area contributed by atoms with Crippen molar-refractivity contribution in [1.82, 2.24) is 4.90 Å². The second kappa shape index (κ2) is 12.3. The minimum absolute atomic E-state index is 0.0195. The van der Waals surface area contributed by atoms with Crippen LogP contribution in [-0.4, -0.2) is 69.9 Å². The molecule has 0 aromatic heterocycles. The van der Waals surface area contributed by atoms with E-state index in [2.05, 4.69) is 0 Å². The molecule has 0 unspecified atom stereocenters. The number of ketones is 1. The van der Waals surface area contributed by atoms with Gasteiger partial charge in [0.15, 0.2) is 11.5 Å². The van der Waals surface area contributed by atoms with Crippen LogP contribution in [-0.2, 0) is 14.3 Å². The van der Waals surface area contributed by atoms with Crippen LogP contribution >= 0.6 is 0 Å². The number of hydrogen-bond acceptors (Lipinski definition) is 8. The van der Waals surface area contributed by atoms with Crippen molar-refractivity contribution in [3.63, 3.8) is 0 Å². The summed E-state index contributed by atoms with van der Waals surface area (Å²) < 4.78 is 27.1. The average Bonchev–Trinajstić information content (AvgIpc) is 3.16. The molecule has 1 amide bonds. The van der Waals surface area contributed by atoms with Crippen molar-refractivity contribution in [3.05, 3.63) is 53.1 Å². The summed E-state index contributed by atoms with van der Waals surface area (Å²) in [4.78, 5) is 27.8. The molecule has 9 heteroatoms. The van der Waals surface area contributed by atoms with Crippen LogP contribution in [0.5, 0.6) is 23.0 Å². The molecule has 1 heterocycles. The zero-order chi connectivity index (χ0) is 26.2. The van der Waals surface area contributed by atoms with E-state index in [1.165, 1.54) is 26.2 Å². The Morgan fingerprint density at radius 2 is 1.58 bits per heavy atom. The Balaban J connectivity index is 2.16. The van der Waals surface area contributed by atoms with Crippen molar-refractivity contribution in [2.24, 2.45) is 0 Å². The molecule has 0 bridgehead atoms. The van der Waals surface area contributed by atoms with Gasteiger partial charge >= 0.3 is 0 Å². The summed E-state index contributed by atoms with van der Waals surface area (Å²) in [7, 11) is 6.03. The SMILES string of the molecule is CCCOc1ccc(C(O)=C2C(=O)C(=O)N(CCCOC)[C@@H]2c2cc(OC)c(OC)c(OC)c2)cc1. The summed E-state index contributed by atoms with van der Waals surface area (Å²) in [6.07, 6.45) is 1.37. The molecule has 194 valence electrons. The van der Waals surface area contributed by atoms with Crippen LogP contribution in [0, 0.1) is 0 Å². The van der Waals surface area contributed by atoms with Crippen LogP contribution in [0.25, 0.3) is 5.76 Å². The Kier molecular flexibility index (Phi) is 9.19. The predicted octanol–water partition coefficient (Wildman–Crippen LogP) is 3.96. The van der Waals surface area contributed by atoms with E-state index < -0.39 is 17.7 Å². The highest BCUT2D eigenvalue weighted by Crippen LogP contribution is 2.45. The normalized spacial score (nSPS) is 16.8. The maximum atomic E-state index is 13.2. The predicted molar refractivity (Wildman–Crippen MR) is 134 cm³/mol. The van der Waals surface area contributed by atoms with Gasteiger partial charge in [-0.1, -0.05) is 6.92 Å². The van der Waals surface area contributed by atoms with Gasteiger partial charge in [-0.15, -0.1) is 0 Å². The Bertz CT molecular complexity index is 1080. The fraction of sp³-hybridized carbons (Fsp3) is 0.407. The average molecular weight is 500 g/mol. The lowest BCUT2D eigenvalue weighted by Gasteiger charge is -2.26. The molecule has 9 nitrogen and oxygen atoms in total. The van der Waals surface area contributed by atoms with Gasteiger partial charge in [0.25, 0.3) is 11.7 Å². The molecule has 2 aromatic carbocycles. The number of benzene rings is 2. The van der Waals surface area contributed by atoms with Crippen molar-refractivity contribution in [2.75, 3.05) is 48.2 Å². The van der Waals surface area contributed by atoms with E-state index in [0.717, 1.165) is 6.42 Å². The van der Waals surface area contributed by atoms with Gasteiger partial charge in [0.2, 0.25) is 5.75 Å². The molecule has 1 saturated heterocycles. The molecule has 1 fully saturated rings. The van der Waals surface area contributed by atoms with E-state index in [9.17, 15) is 14.7 Å². The van der Waals surface area contributed by atoms with E-state index in [1.807, 2.05) is 6.92 Å². The number of likely N-dealkylation sites (tertiary alicyclic amines) is 1. The molecule has 2 aromatic rings. The van der Waals surface area contributed by atoms with Gasteiger partial charge in [-0.05, 0) is 54.8 Å². The lowest BCUT2D eigenvalue weighted by molar-refractivity contribution is -0.140. The van der Waals surface area contributed by atoms with Gasteiger partial charge in [-0.25, -0.2) is 0 Å². The maximum absolute atomic E-state index is 13.2. The standard InChI is InChI=1S/C27H33NO8/c1-6-13-36-19-10-8-17(9-11-19)24(29)22-23(28(12-7-14-32-2)27(31)25(22)30)18-15-20(33-3)26(35-5)21(16-18)34-4/h8-11,15-16,23,29H,6-7,12-14H2,1-5H3/t23-/m1/s1. The van der Waals surface area contributed by atoms with Crippen LogP contribution in [0.1, 0.15) is 36.9 Å². The van der Waals surface area contributed by atoms with Crippen LogP contribution < -0.4 is 18.9 Å². The van der Waals surface area contributed by atoms with Gasteiger partial charge < -0.3 is 33.7 Å². The number of methoxy groups -OCH3 is 4. The molecule has 0 radical (unpaired) electrons. The van der Waals surface area contributed by atoms with E-state index >= 15 is 0 Å². The third-order valence-electron chi connectivity index (χ3n) is 5.89. The molecule has 1 N–H and O–H groups in total. The number of carbonyl (C=O) groups excluding carboxylic acids is 2. The summed E-state index contributed by atoms with van der Waals surface area (Å²) >= 11 is 0. The summed E-state index contributed by atoms with van der Waals surface area (Å²) in [5.41, 5.74) is 0.908. The smallest absolute Gasteiger partial charge is 0.295 e. The van der Waals surface area contributed by atoms with Crippen LogP contribution in [0.2, 0.25) is 0 Å². The number of Topliss-reactive ketones (excluding diaryl/α,β-unsaturated/α-hetero) is 1. The van der Waals surface area contributed by atoms with Crippen LogP contribution in [0.3, 0.4) is 0 Å². The first kappa shape index (κ1) is 26.9. The van der Waals surface area contributed by atoms with E-state index in [1.54, 1.807) is 43.5 Å². The van der Waals surface area contributed by atoms with E-state index in [-0.39, 0.29) is 17.9 Å². The number of aliphatic hydroxyl groups excluding tert-OH is 1. The molecule has 1 aliphatic heterocycles. The molecule has 0 saturated carbocycles. The van der Waals surface area contributed by atoms with Gasteiger partial charge in [0.05, 0.1) is 39.6 Å². The molecule has 1 aliphatic rings. The number of aliphatic hydroxyl groups is 1. The summed E-state index contributed by atoms with van der Waals surface area (Å²) in [6, 6.07) is 9.23. The Morgan fingerprint density at radius 3 is 2.11 bits per heavy atom. The monoisotopic (exact) mass is 499 g/mol. The van der Waals surface area contributed by atoms with Crippen molar-refractivity contribution in [1.29, 1.82) is 0 Å². The zero-order valence-corrected chi connectivity index (χ0v) is 21.3. The quantitative estimate of drug-likeness (QED) is 0.203. The van der Waals surface area contributed by atoms with Crippen molar-refractivity contribution in [2.45, 2.75) is 25.8 Å². The van der Waals surface area contributed by atoms with Crippen LogP contribution in [0.15, 0.2) is 42.0 Å². The third-order valence-corrected chi connectivity index (χ3v) is 5.89. The maximum Gasteiger partial charge on any atom is 0.295 e. The first-order valence-corrected chi connectivity index (χ1v) is 11.7. The molecule has 3 rings (SSSR count). The molecule has 1 atom stereocenters. The van der Waals surface area contributed by atoms with Gasteiger partial charge in [-0.2, -0.15) is 0 Å². The number of ether oxygens (including phenoxy) is 5. The van der Waals surface area contributed by atoms with Gasteiger partial charge in [-0.3, -0.25) is 9.59 Å². The van der Waals surface area contributed by atoms with Crippen molar-refractivity contribution < 1.29 is 38.4 Å². The van der Waals surface area contributed by atoms with Gasteiger partial charge in [0.1, 0.15) is 11.5 Å². The molecule has 36 heavy (non-hydrogen) atoms.